The Morgan fingerprint density at radius 1 is 1.13 bits per heavy atom. The third kappa shape index (κ3) is 2.74. The highest BCUT2D eigenvalue weighted by atomic mass is 16.7. The minimum atomic E-state index is -0.319. The summed E-state index contributed by atoms with van der Waals surface area (Å²) in [4.78, 5) is 0. The fourth-order valence-corrected chi connectivity index (χ4v) is 2.47. The minimum Gasteiger partial charge on any atom is -0.353 e. The van der Waals surface area contributed by atoms with Crippen molar-refractivity contribution in [2.24, 2.45) is 0 Å². The van der Waals surface area contributed by atoms with E-state index < -0.39 is 0 Å². The van der Waals surface area contributed by atoms with Crippen LogP contribution in [0, 0.1) is 12.3 Å². The molecule has 0 amide bonds. The predicted molar refractivity (Wildman–Crippen MR) is 59.3 cm³/mol. The highest BCUT2D eigenvalue weighted by molar-refractivity contribution is 5.10. The summed E-state index contributed by atoms with van der Waals surface area (Å²) in [5.74, 6) is 2.86. The van der Waals surface area contributed by atoms with E-state index in [0.29, 0.717) is 0 Å². The van der Waals surface area contributed by atoms with E-state index in [-0.39, 0.29) is 11.9 Å². The second kappa shape index (κ2) is 5.01. The lowest BCUT2D eigenvalue weighted by Gasteiger charge is -2.37. The summed E-state index contributed by atoms with van der Waals surface area (Å²) in [6.07, 6.45) is 14.6. The molecular weight excluding hydrogens is 188 g/mol. The average Bonchev–Trinajstić information content (AvgIpc) is 2.32. The Kier molecular flexibility index (Phi) is 3.66. The van der Waals surface area contributed by atoms with Crippen LogP contribution in [0.25, 0.3) is 0 Å². The van der Waals surface area contributed by atoms with Gasteiger partial charge in [0, 0.05) is 6.61 Å². The first-order valence-electron chi connectivity index (χ1n) is 6.12. The molecule has 0 aromatic heterocycles. The molecule has 2 nitrogen and oxygen atoms in total. The van der Waals surface area contributed by atoms with Gasteiger partial charge in [0.2, 0.25) is 0 Å². The molecule has 1 saturated heterocycles. The van der Waals surface area contributed by atoms with Crippen molar-refractivity contribution in [1.82, 2.24) is 0 Å². The van der Waals surface area contributed by atoms with E-state index in [2.05, 4.69) is 5.92 Å². The summed E-state index contributed by atoms with van der Waals surface area (Å²) in [5.41, 5.74) is -0.319. The van der Waals surface area contributed by atoms with Gasteiger partial charge in [0.1, 0.15) is 5.60 Å². The van der Waals surface area contributed by atoms with E-state index >= 15 is 0 Å². The SMILES string of the molecule is C#CC1(OC2CCCCO2)CCCCC1. The van der Waals surface area contributed by atoms with Gasteiger partial charge in [-0.3, -0.25) is 0 Å². The lowest BCUT2D eigenvalue weighted by molar-refractivity contribution is -0.214. The van der Waals surface area contributed by atoms with Gasteiger partial charge in [-0.2, -0.15) is 0 Å². The van der Waals surface area contributed by atoms with Crippen LogP contribution in [-0.2, 0) is 9.47 Å². The van der Waals surface area contributed by atoms with Crippen LogP contribution >= 0.6 is 0 Å². The van der Waals surface area contributed by atoms with Crippen molar-refractivity contribution in [2.75, 3.05) is 6.61 Å². The summed E-state index contributed by atoms with van der Waals surface area (Å²) < 4.78 is 11.6. The van der Waals surface area contributed by atoms with Gasteiger partial charge in [0.15, 0.2) is 6.29 Å². The third-order valence-electron chi connectivity index (χ3n) is 3.42. The first-order chi connectivity index (χ1) is 7.35. The molecule has 1 atom stereocenters. The monoisotopic (exact) mass is 208 g/mol. The van der Waals surface area contributed by atoms with Crippen LogP contribution in [0.1, 0.15) is 51.4 Å². The number of rotatable bonds is 2. The van der Waals surface area contributed by atoms with E-state index in [1.165, 1.54) is 25.7 Å². The minimum absolute atomic E-state index is 0.0482. The van der Waals surface area contributed by atoms with E-state index in [9.17, 15) is 0 Å². The second-order valence-electron chi connectivity index (χ2n) is 4.61. The fraction of sp³-hybridized carbons (Fsp3) is 0.846. The molecule has 2 aliphatic rings. The summed E-state index contributed by atoms with van der Waals surface area (Å²) in [7, 11) is 0. The van der Waals surface area contributed by atoms with Gasteiger partial charge in [0.05, 0.1) is 0 Å². The van der Waals surface area contributed by atoms with Crippen LogP contribution in [0.3, 0.4) is 0 Å². The Bertz CT molecular complexity index is 229. The van der Waals surface area contributed by atoms with Crippen molar-refractivity contribution >= 4 is 0 Å². The van der Waals surface area contributed by atoms with Gasteiger partial charge in [-0.15, -0.1) is 6.42 Å². The van der Waals surface area contributed by atoms with E-state index in [1.807, 2.05) is 0 Å². The molecule has 0 aromatic rings. The van der Waals surface area contributed by atoms with Crippen molar-refractivity contribution in [1.29, 1.82) is 0 Å². The van der Waals surface area contributed by atoms with Crippen LogP contribution in [0.4, 0.5) is 0 Å². The van der Waals surface area contributed by atoms with E-state index in [1.54, 1.807) is 0 Å². The summed E-state index contributed by atoms with van der Waals surface area (Å²) in [5, 5.41) is 0. The number of ether oxygens (including phenoxy) is 2. The molecule has 0 spiro atoms. The lowest BCUT2D eigenvalue weighted by atomic mass is 9.85. The van der Waals surface area contributed by atoms with Crippen molar-refractivity contribution in [3.8, 4) is 12.3 Å². The van der Waals surface area contributed by atoms with Crippen molar-refractivity contribution in [3.05, 3.63) is 0 Å². The zero-order valence-corrected chi connectivity index (χ0v) is 9.34. The molecule has 0 N–H and O–H groups in total. The quantitative estimate of drug-likeness (QED) is 0.650. The Hall–Kier alpha value is -0.520. The molecule has 1 saturated carbocycles. The fourth-order valence-electron chi connectivity index (χ4n) is 2.47. The third-order valence-corrected chi connectivity index (χ3v) is 3.42. The molecule has 1 heterocycles. The van der Waals surface area contributed by atoms with Crippen molar-refractivity contribution < 1.29 is 9.47 Å². The zero-order valence-electron chi connectivity index (χ0n) is 9.34. The van der Waals surface area contributed by atoms with Gasteiger partial charge < -0.3 is 9.47 Å². The van der Waals surface area contributed by atoms with Gasteiger partial charge >= 0.3 is 0 Å². The van der Waals surface area contributed by atoms with Crippen molar-refractivity contribution in [2.45, 2.75) is 63.3 Å². The first-order valence-corrected chi connectivity index (χ1v) is 6.12. The summed E-state index contributed by atoms with van der Waals surface area (Å²) >= 11 is 0. The van der Waals surface area contributed by atoms with Crippen LogP contribution in [-0.4, -0.2) is 18.5 Å². The highest BCUT2D eigenvalue weighted by Crippen LogP contribution is 2.33. The zero-order chi connectivity index (χ0) is 10.6. The highest BCUT2D eigenvalue weighted by Gasteiger charge is 2.34. The number of hydrogen-bond donors (Lipinski definition) is 0. The maximum atomic E-state index is 6.01. The molecule has 2 fully saturated rings. The smallest absolute Gasteiger partial charge is 0.159 e. The Balaban J connectivity index is 1.91. The topological polar surface area (TPSA) is 18.5 Å². The van der Waals surface area contributed by atoms with E-state index in [0.717, 1.165) is 32.3 Å². The molecule has 84 valence electrons. The molecule has 2 heteroatoms. The van der Waals surface area contributed by atoms with E-state index in [4.69, 9.17) is 15.9 Å². The predicted octanol–water partition coefficient (Wildman–Crippen LogP) is 2.87. The maximum absolute atomic E-state index is 6.01. The maximum Gasteiger partial charge on any atom is 0.159 e. The van der Waals surface area contributed by atoms with Gasteiger partial charge in [-0.25, -0.2) is 0 Å². The Morgan fingerprint density at radius 3 is 2.53 bits per heavy atom. The second-order valence-corrected chi connectivity index (χ2v) is 4.61. The molecule has 15 heavy (non-hydrogen) atoms. The van der Waals surface area contributed by atoms with Gasteiger partial charge in [0.25, 0.3) is 0 Å². The largest absolute Gasteiger partial charge is 0.353 e. The molecule has 1 unspecified atom stereocenters. The molecule has 1 aliphatic heterocycles. The van der Waals surface area contributed by atoms with Crippen LogP contribution < -0.4 is 0 Å². The summed E-state index contributed by atoms with van der Waals surface area (Å²) in [6.45, 7) is 0.825. The molecule has 0 radical (unpaired) electrons. The molecule has 1 aliphatic carbocycles. The molecular formula is C13H20O2. The normalized spacial score (nSPS) is 30.7. The standard InChI is InChI=1S/C13H20O2/c1-2-13(9-5-3-6-10-13)15-12-8-4-7-11-14-12/h1,12H,3-11H2. The average molecular weight is 208 g/mol. The summed E-state index contributed by atoms with van der Waals surface area (Å²) in [6, 6.07) is 0. The Morgan fingerprint density at radius 2 is 1.93 bits per heavy atom. The molecule has 2 rings (SSSR count). The van der Waals surface area contributed by atoms with Crippen LogP contribution in [0.5, 0.6) is 0 Å². The lowest BCUT2D eigenvalue weighted by Crippen LogP contribution is -2.39. The molecule has 0 bridgehead atoms. The van der Waals surface area contributed by atoms with Crippen LogP contribution in [0.2, 0.25) is 0 Å². The number of terminal acetylenes is 1. The number of hydrogen-bond acceptors (Lipinski definition) is 2. The van der Waals surface area contributed by atoms with Crippen LogP contribution in [0.15, 0.2) is 0 Å². The van der Waals surface area contributed by atoms with Gasteiger partial charge in [-0.05, 0) is 44.9 Å². The Labute approximate surface area is 92.3 Å². The van der Waals surface area contributed by atoms with Gasteiger partial charge in [-0.1, -0.05) is 12.3 Å². The van der Waals surface area contributed by atoms with Crippen molar-refractivity contribution in [3.63, 3.8) is 0 Å². The first kappa shape index (κ1) is 11.0. The molecule has 0 aromatic carbocycles.